The first-order chi connectivity index (χ1) is 11.4. The van der Waals surface area contributed by atoms with Gasteiger partial charge < -0.3 is 15.7 Å². The lowest BCUT2D eigenvalue weighted by molar-refractivity contribution is -0.142. The van der Waals surface area contributed by atoms with E-state index in [1.807, 2.05) is 0 Å². The number of carbonyl (C=O) groups excluding carboxylic acids is 2. The Labute approximate surface area is 139 Å². The molecule has 1 aromatic rings. The Hall–Kier alpha value is -2.44. The highest BCUT2D eigenvalue weighted by molar-refractivity contribution is 5.90. The molecule has 2 rings (SSSR count). The lowest BCUT2D eigenvalue weighted by Gasteiger charge is -2.21. The molecule has 0 unspecified atom stereocenters. The van der Waals surface area contributed by atoms with Crippen molar-refractivity contribution in [1.29, 1.82) is 0 Å². The number of hydrogen-bond donors (Lipinski definition) is 3. The van der Waals surface area contributed by atoms with Crippen LogP contribution in [0.2, 0.25) is 0 Å². The van der Waals surface area contributed by atoms with Crippen LogP contribution in [0.5, 0.6) is 0 Å². The first-order valence-electron chi connectivity index (χ1n) is 7.90. The van der Waals surface area contributed by atoms with Gasteiger partial charge in [-0.3, -0.25) is 9.59 Å². The van der Waals surface area contributed by atoms with E-state index in [0.717, 1.165) is 12.8 Å². The fourth-order valence-corrected chi connectivity index (χ4v) is 2.52. The smallest absolute Gasteiger partial charge is 0.326 e. The van der Waals surface area contributed by atoms with Crippen molar-refractivity contribution in [3.63, 3.8) is 0 Å². The number of carboxylic acids is 1. The molecule has 3 N–H and O–H groups in total. The summed E-state index contributed by atoms with van der Waals surface area (Å²) in [5, 5.41) is 14.1. The predicted molar refractivity (Wildman–Crippen MR) is 84.6 cm³/mol. The number of nitrogens with one attached hydrogen (secondary N) is 2. The molecule has 7 heteroatoms. The van der Waals surface area contributed by atoms with E-state index in [0.29, 0.717) is 12.3 Å². The molecular formula is C17H21FN2O4. The van der Waals surface area contributed by atoms with Gasteiger partial charge in [0.2, 0.25) is 11.8 Å². The minimum Gasteiger partial charge on any atom is -0.480 e. The molecule has 0 bridgehead atoms. The summed E-state index contributed by atoms with van der Waals surface area (Å²) in [6.45, 7) is 1.25. The maximum absolute atomic E-state index is 13.8. The fraction of sp³-hybridized carbons (Fsp3) is 0.471. The number of carbonyl (C=O) groups is 3. The zero-order valence-electron chi connectivity index (χ0n) is 13.4. The van der Waals surface area contributed by atoms with Gasteiger partial charge in [0.25, 0.3) is 0 Å². The van der Waals surface area contributed by atoms with E-state index in [4.69, 9.17) is 0 Å². The summed E-state index contributed by atoms with van der Waals surface area (Å²) in [6, 6.07) is 3.93. The summed E-state index contributed by atoms with van der Waals surface area (Å²) in [5.74, 6) is -2.34. The highest BCUT2D eigenvalue weighted by Crippen LogP contribution is 2.33. The molecule has 2 atom stereocenters. The van der Waals surface area contributed by atoms with Gasteiger partial charge in [0.1, 0.15) is 17.9 Å². The highest BCUT2D eigenvalue weighted by Gasteiger charge is 2.32. The third-order valence-electron chi connectivity index (χ3n) is 3.96. The van der Waals surface area contributed by atoms with Crippen LogP contribution < -0.4 is 10.6 Å². The van der Waals surface area contributed by atoms with Gasteiger partial charge >= 0.3 is 5.97 Å². The highest BCUT2D eigenvalue weighted by atomic mass is 19.1. The van der Waals surface area contributed by atoms with Crippen LogP contribution in [0.1, 0.15) is 31.7 Å². The molecule has 2 amide bonds. The Morgan fingerprint density at radius 3 is 2.42 bits per heavy atom. The van der Waals surface area contributed by atoms with Crippen molar-refractivity contribution in [2.45, 2.75) is 44.7 Å². The molecule has 0 aromatic heterocycles. The largest absolute Gasteiger partial charge is 0.480 e. The SMILES string of the molecule is CC(=O)N[C@@H](Cc1ccccc1F)C(=O)N[C@@H](CC1CC1)C(=O)O. The standard InChI is InChI=1S/C17H21FN2O4/c1-10(21)19-14(9-12-4-2-3-5-13(12)18)16(22)20-15(17(23)24)8-11-6-7-11/h2-5,11,14-15H,6-9H2,1H3,(H,19,21)(H,20,22)(H,23,24)/t14-,15-/m0/s1. The fourth-order valence-electron chi connectivity index (χ4n) is 2.52. The van der Waals surface area contributed by atoms with Gasteiger partial charge in [-0.15, -0.1) is 0 Å². The zero-order valence-corrected chi connectivity index (χ0v) is 13.4. The van der Waals surface area contributed by atoms with E-state index < -0.39 is 35.7 Å². The maximum Gasteiger partial charge on any atom is 0.326 e. The van der Waals surface area contributed by atoms with Gasteiger partial charge in [-0.25, -0.2) is 9.18 Å². The Kier molecular flexibility index (Phi) is 5.89. The Balaban J connectivity index is 2.07. The summed E-state index contributed by atoms with van der Waals surface area (Å²) in [7, 11) is 0. The van der Waals surface area contributed by atoms with Crippen LogP contribution in [0.3, 0.4) is 0 Å². The van der Waals surface area contributed by atoms with E-state index in [1.54, 1.807) is 6.07 Å². The molecule has 1 aliphatic carbocycles. The van der Waals surface area contributed by atoms with Gasteiger partial charge in [0, 0.05) is 13.3 Å². The first kappa shape index (κ1) is 17.9. The molecule has 1 fully saturated rings. The molecule has 0 radical (unpaired) electrons. The van der Waals surface area contributed by atoms with Crippen LogP contribution >= 0.6 is 0 Å². The van der Waals surface area contributed by atoms with E-state index in [2.05, 4.69) is 10.6 Å². The summed E-state index contributed by atoms with van der Waals surface area (Å²) in [4.78, 5) is 35.0. The molecule has 6 nitrogen and oxygen atoms in total. The zero-order chi connectivity index (χ0) is 17.7. The van der Waals surface area contributed by atoms with Crippen molar-refractivity contribution in [3.05, 3.63) is 35.6 Å². The van der Waals surface area contributed by atoms with Gasteiger partial charge in [-0.05, 0) is 24.0 Å². The van der Waals surface area contributed by atoms with Crippen molar-refractivity contribution >= 4 is 17.8 Å². The third-order valence-corrected chi connectivity index (χ3v) is 3.96. The minimum atomic E-state index is -1.11. The number of hydrogen-bond acceptors (Lipinski definition) is 3. The van der Waals surface area contributed by atoms with Crippen LogP contribution in [0, 0.1) is 11.7 Å². The molecule has 0 saturated heterocycles. The molecule has 130 valence electrons. The van der Waals surface area contributed by atoms with Gasteiger partial charge in [-0.1, -0.05) is 31.0 Å². The Morgan fingerprint density at radius 1 is 1.21 bits per heavy atom. The van der Waals surface area contributed by atoms with Crippen molar-refractivity contribution in [2.75, 3.05) is 0 Å². The van der Waals surface area contributed by atoms with Crippen molar-refractivity contribution in [1.82, 2.24) is 10.6 Å². The van der Waals surface area contributed by atoms with Crippen molar-refractivity contribution in [3.8, 4) is 0 Å². The van der Waals surface area contributed by atoms with Crippen LogP contribution in [0.15, 0.2) is 24.3 Å². The van der Waals surface area contributed by atoms with Gasteiger partial charge in [-0.2, -0.15) is 0 Å². The molecular weight excluding hydrogens is 315 g/mol. The second-order valence-corrected chi connectivity index (χ2v) is 6.13. The van der Waals surface area contributed by atoms with E-state index in [-0.39, 0.29) is 12.0 Å². The van der Waals surface area contributed by atoms with Crippen LogP contribution in [-0.2, 0) is 20.8 Å². The monoisotopic (exact) mass is 336 g/mol. The molecule has 1 saturated carbocycles. The maximum atomic E-state index is 13.8. The molecule has 0 spiro atoms. The van der Waals surface area contributed by atoms with Crippen molar-refractivity contribution in [2.24, 2.45) is 5.92 Å². The molecule has 1 aromatic carbocycles. The third kappa shape index (κ3) is 5.33. The molecule has 24 heavy (non-hydrogen) atoms. The predicted octanol–water partition coefficient (Wildman–Crippen LogP) is 1.24. The van der Waals surface area contributed by atoms with E-state index >= 15 is 0 Å². The minimum absolute atomic E-state index is 0.0478. The summed E-state index contributed by atoms with van der Waals surface area (Å²) < 4.78 is 13.8. The average Bonchev–Trinajstić information content (AvgIpc) is 3.31. The average molecular weight is 336 g/mol. The normalized spacial score (nSPS) is 16.1. The number of halogens is 1. The van der Waals surface area contributed by atoms with E-state index in [1.165, 1.54) is 25.1 Å². The summed E-state index contributed by atoms with van der Waals surface area (Å²) in [6.07, 6.45) is 2.25. The topological polar surface area (TPSA) is 95.5 Å². The van der Waals surface area contributed by atoms with Gasteiger partial charge in [0.05, 0.1) is 0 Å². The van der Waals surface area contributed by atoms with Crippen LogP contribution in [0.4, 0.5) is 4.39 Å². The lowest BCUT2D eigenvalue weighted by Crippen LogP contribution is -2.52. The quantitative estimate of drug-likeness (QED) is 0.666. The van der Waals surface area contributed by atoms with Gasteiger partial charge in [0.15, 0.2) is 0 Å². The Morgan fingerprint density at radius 2 is 1.88 bits per heavy atom. The van der Waals surface area contributed by atoms with E-state index in [9.17, 15) is 23.9 Å². The second kappa shape index (κ2) is 7.90. The number of rotatable bonds is 8. The first-order valence-corrected chi connectivity index (χ1v) is 7.90. The molecule has 0 aliphatic heterocycles. The number of carboxylic acid groups (broad SMARTS) is 1. The molecule has 1 aliphatic rings. The number of amides is 2. The second-order valence-electron chi connectivity index (χ2n) is 6.13. The Bertz CT molecular complexity index is 631. The lowest BCUT2D eigenvalue weighted by atomic mass is 10.0. The van der Waals surface area contributed by atoms with Crippen LogP contribution in [0.25, 0.3) is 0 Å². The summed E-state index contributed by atoms with van der Waals surface area (Å²) >= 11 is 0. The van der Waals surface area contributed by atoms with Crippen molar-refractivity contribution < 1.29 is 23.9 Å². The number of benzene rings is 1. The van der Waals surface area contributed by atoms with Crippen LogP contribution in [-0.4, -0.2) is 35.0 Å². The molecule has 0 heterocycles. The number of aliphatic carboxylic acids is 1. The summed E-state index contributed by atoms with van der Waals surface area (Å²) in [5.41, 5.74) is 0.278.